The normalized spacial score (nSPS) is 18.8. The molecular weight excluding hydrogens is 240 g/mol. The summed E-state index contributed by atoms with van der Waals surface area (Å²) in [6, 6.07) is 7.98. The van der Waals surface area contributed by atoms with Crippen LogP contribution in [-0.2, 0) is 16.0 Å². The van der Waals surface area contributed by atoms with Gasteiger partial charge >= 0.3 is 0 Å². The lowest BCUT2D eigenvalue weighted by Crippen LogP contribution is -2.32. The molecule has 2 rings (SSSR count). The third-order valence-corrected chi connectivity index (χ3v) is 3.57. The van der Waals surface area contributed by atoms with Crippen molar-refractivity contribution in [2.45, 2.75) is 19.8 Å². The number of carbonyl (C=O) groups excluding carboxylic acids is 2. The summed E-state index contributed by atoms with van der Waals surface area (Å²) in [6.07, 6.45) is 1.29. The van der Waals surface area contributed by atoms with Crippen LogP contribution in [-0.4, -0.2) is 37.4 Å². The molecule has 4 heteroatoms. The molecule has 0 bridgehead atoms. The molecule has 0 radical (unpaired) electrons. The smallest absolute Gasteiger partial charge is 0.227 e. The number of rotatable bonds is 3. The summed E-state index contributed by atoms with van der Waals surface area (Å²) in [5, 5.41) is 0. The molecule has 0 saturated carbocycles. The van der Waals surface area contributed by atoms with Gasteiger partial charge in [0.1, 0.15) is 0 Å². The summed E-state index contributed by atoms with van der Waals surface area (Å²) in [6.45, 7) is 2.59. The number of carbonyl (C=O) groups is 2. The zero-order valence-corrected chi connectivity index (χ0v) is 11.7. The molecule has 0 aromatic heterocycles. The standard InChI is InChI=1S/C15H20N2O2/c1-4-11-5-7-13(8-6-11)17-10-12(9-14(17)18)15(19)16(2)3/h5-8,12H,4,9-10H2,1-3H3. The van der Waals surface area contributed by atoms with E-state index in [0.29, 0.717) is 13.0 Å². The molecule has 1 aliphatic heterocycles. The SMILES string of the molecule is CCc1ccc(N2CC(C(=O)N(C)C)CC2=O)cc1. The van der Waals surface area contributed by atoms with Crippen molar-refractivity contribution in [2.75, 3.05) is 25.5 Å². The lowest BCUT2D eigenvalue weighted by Gasteiger charge is -2.18. The van der Waals surface area contributed by atoms with Crippen LogP contribution in [0.2, 0.25) is 0 Å². The Bertz CT molecular complexity index is 479. The quantitative estimate of drug-likeness (QED) is 0.830. The summed E-state index contributed by atoms with van der Waals surface area (Å²) in [4.78, 5) is 27.2. The maximum absolute atomic E-state index is 12.0. The highest BCUT2D eigenvalue weighted by Crippen LogP contribution is 2.26. The van der Waals surface area contributed by atoms with Crippen molar-refractivity contribution < 1.29 is 9.59 Å². The van der Waals surface area contributed by atoms with Crippen molar-refractivity contribution in [1.82, 2.24) is 4.90 Å². The molecule has 1 aromatic rings. The Balaban J connectivity index is 2.13. The van der Waals surface area contributed by atoms with Crippen molar-refractivity contribution in [3.63, 3.8) is 0 Å². The fourth-order valence-electron chi connectivity index (χ4n) is 2.40. The second kappa shape index (κ2) is 5.43. The van der Waals surface area contributed by atoms with Gasteiger partial charge in [-0.3, -0.25) is 9.59 Å². The van der Waals surface area contributed by atoms with Crippen LogP contribution in [0.4, 0.5) is 5.69 Å². The first-order valence-electron chi connectivity index (χ1n) is 6.63. The van der Waals surface area contributed by atoms with Crippen LogP contribution in [0.5, 0.6) is 0 Å². The van der Waals surface area contributed by atoms with E-state index in [1.54, 1.807) is 23.9 Å². The maximum Gasteiger partial charge on any atom is 0.227 e. The topological polar surface area (TPSA) is 40.6 Å². The van der Waals surface area contributed by atoms with Crippen LogP contribution in [0.3, 0.4) is 0 Å². The first-order chi connectivity index (χ1) is 9.02. The van der Waals surface area contributed by atoms with Crippen LogP contribution in [0.25, 0.3) is 0 Å². The van der Waals surface area contributed by atoms with Gasteiger partial charge in [-0.15, -0.1) is 0 Å². The van der Waals surface area contributed by atoms with E-state index in [2.05, 4.69) is 6.92 Å². The predicted octanol–water partition coefficient (Wildman–Crippen LogP) is 1.69. The van der Waals surface area contributed by atoms with Gasteiger partial charge in [-0.25, -0.2) is 0 Å². The van der Waals surface area contributed by atoms with Gasteiger partial charge in [0.2, 0.25) is 11.8 Å². The minimum atomic E-state index is -0.214. The summed E-state index contributed by atoms with van der Waals surface area (Å²) in [5.41, 5.74) is 2.13. The molecule has 1 atom stereocenters. The van der Waals surface area contributed by atoms with Gasteiger partial charge in [-0.05, 0) is 24.1 Å². The largest absolute Gasteiger partial charge is 0.349 e. The summed E-state index contributed by atoms with van der Waals surface area (Å²) >= 11 is 0. The number of benzene rings is 1. The Morgan fingerprint density at radius 2 is 1.95 bits per heavy atom. The highest BCUT2D eigenvalue weighted by atomic mass is 16.2. The molecule has 1 unspecified atom stereocenters. The lowest BCUT2D eigenvalue weighted by molar-refractivity contribution is -0.133. The molecule has 1 fully saturated rings. The molecule has 2 amide bonds. The van der Waals surface area contributed by atoms with E-state index in [1.807, 2.05) is 24.3 Å². The van der Waals surface area contributed by atoms with Crippen LogP contribution >= 0.6 is 0 Å². The molecule has 0 aliphatic carbocycles. The monoisotopic (exact) mass is 260 g/mol. The average Bonchev–Trinajstić information content (AvgIpc) is 2.80. The number of amides is 2. The van der Waals surface area contributed by atoms with Crippen molar-refractivity contribution in [1.29, 1.82) is 0 Å². The minimum Gasteiger partial charge on any atom is -0.349 e. The Labute approximate surface area is 114 Å². The second-order valence-corrected chi connectivity index (χ2v) is 5.16. The van der Waals surface area contributed by atoms with Gasteiger partial charge in [-0.1, -0.05) is 19.1 Å². The third kappa shape index (κ3) is 2.78. The van der Waals surface area contributed by atoms with Crippen molar-refractivity contribution in [3.05, 3.63) is 29.8 Å². The van der Waals surface area contributed by atoms with E-state index in [1.165, 1.54) is 5.56 Å². The van der Waals surface area contributed by atoms with Gasteiger partial charge in [0.15, 0.2) is 0 Å². The zero-order valence-electron chi connectivity index (χ0n) is 11.7. The Morgan fingerprint density at radius 3 is 2.47 bits per heavy atom. The highest BCUT2D eigenvalue weighted by molar-refractivity contribution is 6.00. The third-order valence-electron chi connectivity index (χ3n) is 3.57. The van der Waals surface area contributed by atoms with E-state index in [4.69, 9.17) is 0 Å². The summed E-state index contributed by atoms with van der Waals surface area (Å²) in [5.74, 6) is -0.154. The first-order valence-corrected chi connectivity index (χ1v) is 6.63. The van der Waals surface area contributed by atoms with Crippen LogP contribution in [0, 0.1) is 5.92 Å². The molecule has 1 saturated heterocycles. The second-order valence-electron chi connectivity index (χ2n) is 5.16. The van der Waals surface area contributed by atoms with E-state index in [0.717, 1.165) is 12.1 Å². The number of anilines is 1. The minimum absolute atomic E-state index is 0.0287. The highest BCUT2D eigenvalue weighted by Gasteiger charge is 2.35. The van der Waals surface area contributed by atoms with E-state index >= 15 is 0 Å². The van der Waals surface area contributed by atoms with Gasteiger partial charge < -0.3 is 9.80 Å². The van der Waals surface area contributed by atoms with Crippen LogP contribution < -0.4 is 4.90 Å². The van der Waals surface area contributed by atoms with Gasteiger partial charge in [0.05, 0.1) is 5.92 Å². The lowest BCUT2D eigenvalue weighted by atomic mass is 10.1. The Morgan fingerprint density at radius 1 is 1.32 bits per heavy atom. The number of hydrogen-bond donors (Lipinski definition) is 0. The zero-order chi connectivity index (χ0) is 14.0. The van der Waals surface area contributed by atoms with Gasteiger partial charge in [-0.2, -0.15) is 0 Å². The maximum atomic E-state index is 12.0. The van der Waals surface area contributed by atoms with Gasteiger partial charge in [0.25, 0.3) is 0 Å². The number of hydrogen-bond acceptors (Lipinski definition) is 2. The fraction of sp³-hybridized carbons (Fsp3) is 0.467. The predicted molar refractivity (Wildman–Crippen MR) is 75.0 cm³/mol. The van der Waals surface area contributed by atoms with Crippen molar-refractivity contribution in [3.8, 4) is 0 Å². The molecule has 102 valence electrons. The molecule has 1 heterocycles. The Hall–Kier alpha value is -1.84. The van der Waals surface area contributed by atoms with Crippen molar-refractivity contribution >= 4 is 17.5 Å². The summed E-state index contributed by atoms with van der Waals surface area (Å²) in [7, 11) is 3.46. The molecule has 4 nitrogen and oxygen atoms in total. The number of nitrogens with zero attached hydrogens (tertiary/aromatic N) is 2. The molecule has 0 spiro atoms. The van der Waals surface area contributed by atoms with Crippen molar-refractivity contribution in [2.24, 2.45) is 5.92 Å². The van der Waals surface area contributed by atoms with Crippen LogP contribution in [0.1, 0.15) is 18.9 Å². The molecular formula is C15H20N2O2. The first kappa shape index (κ1) is 13.6. The fourth-order valence-corrected chi connectivity index (χ4v) is 2.40. The van der Waals surface area contributed by atoms with Crippen LogP contribution in [0.15, 0.2) is 24.3 Å². The summed E-state index contributed by atoms with van der Waals surface area (Å²) < 4.78 is 0. The molecule has 19 heavy (non-hydrogen) atoms. The average molecular weight is 260 g/mol. The molecule has 1 aliphatic rings. The molecule has 0 N–H and O–H groups in total. The molecule has 1 aromatic carbocycles. The van der Waals surface area contributed by atoms with E-state index < -0.39 is 0 Å². The number of aryl methyl sites for hydroxylation is 1. The van der Waals surface area contributed by atoms with Gasteiger partial charge in [0, 0.05) is 32.7 Å². The Kier molecular flexibility index (Phi) is 3.88. The van der Waals surface area contributed by atoms with E-state index in [-0.39, 0.29) is 17.7 Å². The van der Waals surface area contributed by atoms with E-state index in [9.17, 15) is 9.59 Å².